The summed E-state index contributed by atoms with van der Waals surface area (Å²) in [5.41, 5.74) is -3.06. The van der Waals surface area contributed by atoms with Crippen molar-refractivity contribution in [3.05, 3.63) is 41.0 Å². The number of rotatable bonds is 5. The Kier molecular flexibility index (Phi) is 7.67. The molecule has 2 unspecified atom stereocenters. The predicted octanol–water partition coefficient (Wildman–Crippen LogP) is 6.32. The number of anilines is 1. The summed E-state index contributed by atoms with van der Waals surface area (Å²) in [6.07, 6.45) is -0.0365. The number of carbonyl (C=O) groups excluding carboxylic acids is 1. The highest BCUT2D eigenvalue weighted by Crippen LogP contribution is 2.45. The maximum Gasteiger partial charge on any atom is 0.411 e. The summed E-state index contributed by atoms with van der Waals surface area (Å²) in [5.74, 6) is -0.743. The van der Waals surface area contributed by atoms with Crippen LogP contribution in [0.25, 0.3) is 10.9 Å². The largest absolute Gasteiger partial charge is 0.461 e. The minimum atomic E-state index is -1.95. The summed E-state index contributed by atoms with van der Waals surface area (Å²) in [4.78, 5) is 31.0. The molecule has 0 aliphatic carbocycles. The minimum absolute atomic E-state index is 0.00997. The molecule has 4 fully saturated rings. The zero-order valence-corrected chi connectivity index (χ0v) is 25.2. The van der Waals surface area contributed by atoms with Crippen LogP contribution in [-0.2, 0) is 4.74 Å². The summed E-state index contributed by atoms with van der Waals surface area (Å²) in [6, 6.07) is -0.727. The van der Waals surface area contributed by atoms with Crippen molar-refractivity contribution in [1.29, 1.82) is 0 Å². The molecular weight excluding hydrogens is 611 g/mol. The summed E-state index contributed by atoms with van der Waals surface area (Å²) >= 11 is 5.99. The molecular formula is C29H32ClF5N6O3. The Morgan fingerprint density at radius 3 is 2.68 bits per heavy atom. The number of carbonyl (C=O) groups is 1. The first-order valence-electron chi connectivity index (χ1n) is 14.4. The number of ether oxygens (including phenoxy) is 2. The van der Waals surface area contributed by atoms with E-state index in [1.165, 1.54) is 11.1 Å². The molecule has 0 N–H and O–H groups in total. The number of hydrogen-bond donors (Lipinski definition) is 0. The van der Waals surface area contributed by atoms with Gasteiger partial charge in [-0.25, -0.2) is 14.2 Å². The fourth-order valence-electron chi connectivity index (χ4n) is 7.17. The third-order valence-corrected chi connectivity index (χ3v) is 9.19. The molecule has 4 aliphatic rings. The van der Waals surface area contributed by atoms with Crippen molar-refractivity contribution in [2.75, 3.05) is 37.7 Å². The van der Waals surface area contributed by atoms with E-state index in [0.29, 0.717) is 19.4 Å². The molecule has 2 bridgehead atoms. The van der Waals surface area contributed by atoms with Crippen molar-refractivity contribution in [3.8, 4) is 6.01 Å². The van der Waals surface area contributed by atoms with E-state index in [0.717, 1.165) is 12.5 Å². The summed E-state index contributed by atoms with van der Waals surface area (Å²) in [5, 5.41) is -0.248. The second-order valence-electron chi connectivity index (χ2n) is 13.0. The first-order valence-corrected chi connectivity index (χ1v) is 14.8. The van der Waals surface area contributed by atoms with Gasteiger partial charge in [-0.2, -0.15) is 27.5 Å². The molecule has 0 spiro atoms. The van der Waals surface area contributed by atoms with Gasteiger partial charge in [-0.3, -0.25) is 9.80 Å². The first-order chi connectivity index (χ1) is 20.7. The number of aromatic nitrogens is 3. The fourth-order valence-corrected chi connectivity index (χ4v) is 7.31. The molecule has 44 heavy (non-hydrogen) atoms. The van der Waals surface area contributed by atoms with Crippen molar-refractivity contribution >= 4 is 34.4 Å². The van der Waals surface area contributed by atoms with Gasteiger partial charge in [-0.1, -0.05) is 11.6 Å². The summed E-state index contributed by atoms with van der Waals surface area (Å²) in [7, 11) is 0. The van der Waals surface area contributed by atoms with E-state index in [1.807, 2.05) is 4.90 Å². The van der Waals surface area contributed by atoms with E-state index in [1.54, 1.807) is 25.7 Å². The minimum Gasteiger partial charge on any atom is -0.461 e. The second kappa shape index (κ2) is 11.0. The lowest BCUT2D eigenvalue weighted by atomic mass is 9.94. The number of nitrogens with zero attached hydrogens (tertiary/aromatic N) is 6. The van der Waals surface area contributed by atoms with Gasteiger partial charge in [0, 0.05) is 37.5 Å². The lowest BCUT2D eigenvalue weighted by Gasteiger charge is -2.47. The lowest BCUT2D eigenvalue weighted by molar-refractivity contribution is 0.00167. The van der Waals surface area contributed by atoms with E-state index < -0.39 is 51.9 Å². The zero-order valence-electron chi connectivity index (χ0n) is 24.5. The molecule has 4 saturated heterocycles. The SMILES string of the molecule is CC(C)(C)OC(=O)N1C2CCC1(C=C(F)F)CN(c1nc(OC[C@]34CCCN3CC(=C(F)F)C4)nc3c(F)c(Cl)ncc13)C2. The highest BCUT2D eigenvalue weighted by atomic mass is 35.5. The van der Waals surface area contributed by atoms with Gasteiger partial charge >= 0.3 is 12.1 Å². The third kappa shape index (κ3) is 5.44. The predicted molar refractivity (Wildman–Crippen MR) is 152 cm³/mol. The van der Waals surface area contributed by atoms with Gasteiger partial charge in [0.05, 0.1) is 22.5 Å². The lowest BCUT2D eigenvalue weighted by Crippen LogP contribution is -2.63. The molecule has 0 radical (unpaired) electrons. The Balaban J connectivity index is 1.37. The topological polar surface area (TPSA) is 83.9 Å². The standard InChI is InChI=1S/C29H32ClF5N6O3/c1-27(2,3)44-26(42)41-17-5-7-28(41,10-19(31)32)14-39(13-17)24-18-11-36-22(30)20(33)21(18)37-25(38-24)43-15-29-6-4-8-40(29)12-16(9-29)23(34)35/h10-11,17H,4-9,12-15H2,1-3H3/t17?,28?,29-/m1/s1. The Hall–Kier alpha value is -3.26. The van der Waals surface area contributed by atoms with Gasteiger partial charge < -0.3 is 14.4 Å². The van der Waals surface area contributed by atoms with E-state index in [4.69, 9.17) is 21.1 Å². The summed E-state index contributed by atoms with van der Waals surface area (Å²) < 4.78 is 81.7. The highest BCUT2D eigenvalue weighted by molar-refractivity contribution is 6.30. The van der Waals surface area contributed by atoms with Crippen LogP contribution in [0.3, 0.4) is 0 Å². The first kappa shape index (κ1) is 30.8. The Labute approximate surface area is 255 Å². The number of fused-ring (bicyclic) bond motifs is 4. The molecule has 2 aromatic rings. The number of hydrogen-bond acceptors (Lipinski definition) is 8. The van der Waals surface area contributed by atoms with Gasteiger partial charge in [-0.05, 0) is 59.4 Å². The van der Waals surface area contributed by atoms with Crippen molar-refractivity contribution in [1.82, 2.24) is 24.8 Å². The molecule has 2 aromatic heterocycles. The van der Waals surface area contributed by atoms with Gasteiger partial charge in [0.15, 0.2) is 11.0 Å². The Bertz CT molecular complexity index is 1560. The van der Waals surface area contributed by atoms with Crippen LogP contribution in [0.15, 0.2) is 30.0 Å². The van der Waals surface area contributed by atoms with Crippen LogP contribution in [0.2, 0.25) is 5.15 Å². The van der Waals surface area contributed by atoms with Gasteiger partial charge in [0.1, 0.15) is 23.5 Å². The van der Waals surface area contributed by atoms with Crippen molar-refractivity contribution in [3.63, 3.8) is 0 Å². The van der Waals surface area contributed by atoms with E-state index >= 15 is 4.39 Å². The maximum absolute atomic E-state index is 15.3. The fraction of sp³-hybridized carbons (Fsp3) is 0.586. The number of halogens is 6. The van der Waals surface area contributed by atoms with Crippen molar-refractivity contribution in [2.24, 2.45) is 0 Å². The second-order valence-corrected chi connectivity index (χ2v) is 13.4. The normalized spacial score (nSPS) is 26.8. The Morgan fingerprint density at radius 1 is 1.20 bits per heavy atom. The van der Waals surface area contributed by atoms with E-state index in [2.05, 4.69) is 15.0 Å². The van der Waals surface area contributed by atoms with Gasteiger partial charge in [-0.15, -0.1) is 0 Å². The number of amides is 1. The molecule has 238 valence electrons. The van der Waals surface area contributed by atoms with Gasteiger partial charge in [0.2, 0.25) is 0 Å². The summed E-state index contributed by atoms with van der Waals surface area (Å²) in [6.45, 7) is 5.96. The molecule has 6 rings (SSSR count). The molecule has 1 amide bonds. The van der Waals surface area contributed by atoms with Crippen LogP contribution < -0.4 is 9.64 Å². The molecule has 0 saturated carbocycles. The van der Waals surface area contributed by atoms with Crippen LogP contribution in [0.5, 0.6) is 6.01 Å². The van der Waals surface area contributed by atoms with Crippen LogP contribution >= 0.6 is 11.6 Å². The highest BCUT2D eigenvalue weighted by Gasteiger charge is 2.55. The number of pyridine rings is 1. The smallest absolute Gasteiger partial charge is 0.411 e. The third-order valence-electron chi connectivity index (χ3n) is 8.92. The average Bonchev–Trinajstić information content (AvgIpc) is 3.55. The molecule has 9 nitrogen and oxygen atoms in total. The van der Waals surface area contributed by atoms with Crippen molar-refractivity contribution in [2.45, 2.75) is 75.6 Å². The van der Waals surface area contributed by atoms with E-state index in [-0.39, 0.29) is 67.4 Å². The van der Waals surface area contributed by atoms with E-state index in [9.17, 15) is 22.4 Å². The van der Waals surface area contributed by atoms with Crippen LogP contribution in [0.1, 0.15) is 52.9 Å². The van der Waals surface area contributed by atoms with Gasteiger partial charge in [0.25, 0.3) is 12.2 Å². The van der Waals surface area contributed by atoms with Crippen LogP contribution in [-0.4, -0.2) is 86.4 Å². The molecule has 4 aliphatic heterocycles. The number of piperazine rings is 1. The van der Waals surface area contributed by atoms with Crippen LogP contribution in [0.4, 0.5) is 32.6 Å². The molecule has 3 atom stereocenters. The van der Waals surface area contributed by atoms with Crippen molar-refractivity contribution < 1.29 is 36.2 Å². The average molecular weight is 643 g/mol. The molecule has 0 aromatic carbocycles. The zero-order chi connectivity index (χ0) is 31.6. The molecule has 6 heterocycles. The maximum atomic E-state index is 15.3. The molecule has 15 heteroatoms. The van der Waals surface area contributed by atoms with Crippen LogP contribution in [0, 0.1) is 5.82 Å². The monoisotopic (exact) mass is 642 g/mol. The quantitative estimate of drug-likeness (QED) is 0.277. The Morgan fingerprint density at radius 2 is 1.98 bits per heavy atom.